The fourth-order valence-electron chi connectivity index (χ4n) is 1.65. The summed E-state index contributed by atoms with van der Waals surface area (Å²) < 4.78 is 1.24. The van der Waals surface area contributed by atoms with Crippen LogP contribution < -0.4 is 16.1 Å². The zero-order chi connectivity index (χ0) is 14.0. The number of aromatic nitrogens is 2. The monoisotopic (exact) mass is 276 g/mol. The number of nitrogens with zero attached hydrogens (tertiary/aromatic N) is 3. The molecule has 0 saturated carbocycles. The Labute approximate surface area is 115 Å². The average Bonchev–Trinajstić information content (AvgIpc) is 2.38. The molecule has 0 atom stereocenters. The second-order valence-corrected chi connectivity index (χ2v) is 4.33. The number of hydrogen-bond acceptors (Lipinski definition) is 4. The van der Waals surface area contributed by atoms with Gasteiger partial charge in [0, 0.05) is 30.2 Å². The fraction of sp³-hybridized carbons (Fsp3) is 0.0833. The Morgan fingerprint density at radius 2 is 2.00 bits per heavy atom. The van der Waals surface area contributed by atoms with E-state index < -0.39 is 0 Å². The molecule has 0 spiro atoms. The molecular formula is C12H13ClN6. The smallest absolute Gasteiger partial charge is 0.198 e. The lowest BCUT2D eigenvalue weighted by Gasteiger charge is -2.19. The second-order valence-electron chi connectivity index (χ2n) is 3.89. The number of nitrogens with one attached hydrogen (secondary N) is 2. The molecule has 4 N–H and O–H groups in total. The van der Waals surface area contributed by atoms with E-state index in [1.165, 1.54) is 17.0 Å². The molecule has 6 nitrogen and oxygen atoms in total. The highest BCUT2D eigenvalue weighted by Crippen LogP contribution is 2.20. The van der Waals surface area contributed by atoms with Crippen LogP contribution in [0.3, 0.4) is 0 Å². The van der Waals surface area contributed by atoms with E-state index in [1.807, 2.05) is 12.1 Å². The van der Waals surface area contributed by atoms with Crippen molar-refractivity contribution in [2.75, 3.05) is 11.9 Å². The van der Waals surface area contributed by atoms with Crippen molar-refractivity contribution >= 4 is 29.1 Å². The largest absolute Gasteiger partial charge is 0.369 e. The summed E-state index contributed by atoms with van der Waals surface area (Å²) in [4.78, 5) is 5.89. The van der Waals surface area contributed by atoms with Gasteiger partial charge in [0.15, 0.2) is 17.3 Å². The molecule has 1 aromatic heterocycles. The van der Waals surface area contributed by atoms with Gasteiger partial charge in [0.1, 0.15) is 0 Å². The van der Waals surface area contributed by atoms with E-state index in [1.54, 1.807) is 24.1 Å². The van der Waals surface area contributed by atoms with E-state index in [9.17, 15) is 0 Å². The number of anilines is 2. The molecule has 98 valence electrons. The predicted octanol–water partition coefficient (Wildman–Crippen LogP) is 1.53. The van der Waals surface area contributed by atoms with E-state index in [4.69, 9.17) is 28.2 Å². The van der Waals surface area contributed by atoms with Crippen molar-refractivity contribution in [2.24, 2.45) is 5.73 Å². The molecular weight excluding hydrogens is 264 g/mol. The summed E-state index contributed by atoms with van der Waals surface area (Å²) in [7, 11) is 1.79. The van der Waals surface area contributed by atoms with Gasteiger partial charge in [-0.3, -0.25) is 15.4 Å². The summed E-state index contributed by atoms with van der Waals surface area (Å²) >= 11 is 5.84. The van der Waals surface area contributed by atoms with Crippen LogP contribution in [0.5, 0.6) is 0 Å². The molecule has 0 aliphatic heterocycles. The van der Waals surface area contributed by atoms with Crippen molar-refractivity contribution < 1.29 is 0 Å². The third-order valence-corrected chi connectivity index (χ3v) is 2.91. The van der Waals surface area contributed by atoms with E-state index >= 15 is 0 Å². The Bertz CT molecular complexity index is 661. The molecule has 0 bridgehead atoms. The zero-order valence-electron chi connectivity index (χ0n) is 10.3. The van der Waals surface area contributed by atoms with Crippen LogP contribution in [0.2, 0.25) is 5.02 Å². The first-order chi connectivity index (χ1) is 9.00. The van der Waals surface area contributed by atoms with Gasteiger partial charge in [0.2, 0.25) is 0 Å². The SMILES string of the molecule is CN(c1ccc(Cl)cc1)c1nccn(C(=N)N)c1=N. The lowest BCUT2D eigenvalue weighted by molar-refractivity contribution is 0.902. The number of halogens is 1. The van der Waals surface area contributed by atoms with Gasteiger partial charge < -0.3 is 10.6 Å². The van der Waals surface area contributed by atoms with Gasteiger partial charge in [-0.25, -0.2) is 4.98 Å². The second kappa shape index (κ2) is 5.11. The Kier molecular flexibility index (Phi) is 3.52. The molecule has 1 heterocycles. The van der Waals surface area contributed by atoms with Gasteiger partial charge in [-0.15, -0.1) is 0 Å². The summed E-state index contributed by atoms with van der Waals surface area (Å²) in [5.74, 6) is 0.179. The summed E-state index contributed by atoms with van der Waals surface area (Å²) in [5, 5.41) is 16.1. The molecule has 0 aliphatic carbocycles. The topological polar surface area (TPSA) is 94.8 Å². The quantitative estimate of drug-likeness (QED) is 0.573. The molecule has 7 heteroatoms. The lowest BCUT2D eigenvalue weighted by atomic mass is 10.3. The van der Waals surface area contributed by atoms with Gasteiger partial charge in [-0.1, -0.05) is 11.6 Å². The van der Waals surface area contributed by atoms with Crippen LogP contribution in [0.1, 0.15) is 0 Å². The Morgan fingerprint density at radius 1 is 1.37 bits per heavy atom. The van der Waals surface area contributed by atoms with Gasteiger partial charge in [0.05, 0.1) is 0 Å². The van der Waals surface area contributed by atoms with Gasteiger partial charge >= 0.3 is 0 Å². The Morgan fingerprint density at radius 3 is 2.58 bits per heavy atom. The lowest BCUT2D eigenvalue weighted by Crippen LogP contribution is -2.35. The third-order valence-electron chi connectivity index (χ3n) is 2.66. The highest BCUT2D eigenvalue weighted by molar-refractivity contribution is 6.30. The maximum absolute atomic E-state index is 8.01. The van der Waals surface area contributed by atoms with Gasteiger partial charge in [0.25, 0.3) is 0 Å². The number of nitrogen functional groups attached to an aromatic ring is 1. The van der Waals surface area contributed by atoms with E-state index in [-0.39, 0.29) is 11.4 Å². The first kappa shape index (κ1) is 13.1. The van der Waals surface area contributed by atoms with Crippen molar-refractivity contribution in [3.63, 3.8) is 0 Å². The van der Waals surface area contributed by atoms with E-state index in [2.05, 4.69) is 4.98 Å². The molecule has 0 radical (unpaired) electrons. The maximum Gasteiger partial charge on any atom is 0.198 e. The maximum atomic E-state index is 8.01. The van der Waals surface area contributed by atoms with E-state index in [0.717, 1.165) is 5.69 Å². The summed E-state index contributed by atoms with van der Waals surface area (Å²) in [6, 6.07) is 7.18. The first-order valence-electron chi connectivity index (χ1n) is 5.46. The minimum Gasteiger partial charge on any atom is -0.369 e. The van der Waals surface area contributed by atoms with Crippen molar-refractivity contribution in [2.45, 2.75) is 0 Å². The molecule has 0 aliphatic rings. The highest BCUT2D eigenvalue weighted by atomic mass is 35.5. The minimum absolute atomic E-state index is 0.0486. The third kappa shape index (κ3) is 2.58. The molecule has 2 rings (SSSR count). The van der Waals surface area contributed by atoms with Crippen LogP contribution >= 0.6 is 11.6 Å². The fourth-order valence-corrected chi connectivity index (χ4v) is 1.77. The van der Waals surface area contributed by atoms with E-state index in [0.29, 0.717) is 10.8 Å². The zero-order valence-corrected chi connectivity index (χ0v) is 11.0. The van der Waals surface area contributed by atoms with Crippen molar-refractivity contribution in [3.8, 4) is 0 Å². The van der Waals surface area contributed by atoms with Gasteiger partial charge in [-0.2, -0.15) is 0 Å². The Balaban J connectivity index is 2.47. The van der Waals surface area contributed by atoms with Crippen molar-refractivity contribution in [1.82, 2.24) is 9.55 Å². The average molecular weight is 277 g/mol. The highest BCUT2D eigenvalue weighted by Gasteiger charge is 2.10. The number of nitrogens with two attached hydrogens (primary N) is 1. The molecule has 0 unspecified atom stereocenters. The molecule has 1 aromatic carbocycles. The number of rotatable bonds is 2. The molecule has 19 heavy (non-hydrogen) atoms. The summed E-state index contributed by atoms with van der Waals surface area (Å²) in [6.45, 7) is 0. The molecule has 0 fully saturated rings. The summed E-state index contributed by atoms with van der Waals surface area (Å²) in [5.41, 5.74) is 6.29. The number of benzene rings is 1. The van der Waals surface area contributed by atoms with Crippen LogP contribution in [0.25, 0.3) is 0 Å². The van der Waals surface area contributed by atoms with Crippen LogP contribution in [-0.2, 0) is 0 Å². The molecule has 2 aromatic rings. The van der Waals surface area contributed by atoms with Crippen LogP contribution in [0.15, 0.2) is 36.7 Å². The standard InChI is InChI=1S/C12H13ClN6/c1-18(9-4-2-8(13)3-5-9)11-10(14)19(12(15)16)7-6-17-11/h2-7,14H,1H3,(H3,15,16). The summed E-state index contributed by atoms with van der Waals surface area (Å²) in [6.07, 6.45) is 2.98. The number of hydrogen-bond donors (Lipinski definition) is 3. The van der Waals surface area contributed by atoms with Gasteiger partial charge in [-0.05, 0) is 24.3 Å². The normalized spacial score (nSPS) is 10.2. The predicted molar refractivity (Wildman–Crippen MR) is 74.9 cm³/mol. The van der Waals surface area contributed by atoms with Crippen LogP contribution in [0.4, 0.5) is 11.5 Å². The van der Waals surface area contributed by atoms with Crippen molar-refractivity contribution in [1.29, 1.82) is 10.8 Å². The van der Waals surface area contributed by atoms with Crippen LogP contribution in [0, 0.1) is 10.8 Å². The molecule has 0 amide bonds. The molecule has 0 saturated heterocycles. The minimum atomic E-state index is -0.224. The van der Waals surface area contributed by atoms with Crippen LogP contribution in [-0.4, -0.2) is 22.6 Å². The Hall–Kier alpha value is -2.34. The van der Waals surface area contributed by atoms with Crippen molar-refractivity contribution in [3.05, 3.63) is 47.2 Å². The first-order valence-corrected chi connectivity index (χ1v) is 5.84.